The van der Waals surface area contributed by atoms with Gasteiger partial charge in [0.15, 0.2) is 0 Å². The summed E-state index contributed by atoms with van der Waals surface area (Å²) in [4.78, 5) is 13.4. The molecule has 120 valence electrons. The number of carbonyl (C=O) groups is 1. The van der Waals surface area contributed by atoms with E-state index in [4.69, 9.17) is 11.2 Å². The van der Waals surface area contributed by atoms with Gasteiger partial charge in [0, 0.05) is 19.6 Å². The third kappa shape index (κ3) is 4.40. The fraction of sp³-hybridized carbons (Fsp3) is 0.471. The van der Waals surface area contributed by atoms with E-state index in [-0.39, 0.29) is 24.5 Å². The molecule has 1 unspecified atom stereocenters. The first kappa shape index (κ1) is 18.3. The van der Waals surface area contributed by atoms with Gasteiger partial charge < -0.3 is 9.64 Å². The quantitative estimate of drug-likeness (QED) is 0.866. The predicted molar refractivity (Wildman–Crippen MR) is 90.5 cm³/mol. The van der Waals surface area contributed by atoms with E-state index < -0.39 is 0 Å². The summed E-state index contributed by atoms with van der Waals surface area (Å²) in [6.45, 7) is 3.08. The number of benzene rings is 1. The van der Waals surface area contributed by atoms with E-state index in [1.807, 2.05) is 25.1 Å². The van der Waals surface area contributed by atoms with Crippen molar-refractivity contribution >= 4 is 18.5 Å². The first-order chi connectivity index (χ1) is 10.2. The molecule has 4 nitrogen and oxygen atoms in total. The van der Waals surface area contributed by atoms with E-state index in [0.717, 1.165) is 19.3 Å². The molecule has 1 amide bonds. The van der Waals surface area contributed by atoms with Gasteiger partial charge in [-0.2, -0.15) is 0 Å². The lowest BCUT2D eigenvalue weighted by Gasteiger charge is -2.26. The highest BCUT2D eigenvalue weighted by Crippen LogP contribution is 2.32. The first-order valence-electron chi connectivity index (χ1n) is 7.38. The van der Waals surface area contributed by atoms with Crippen LogP contribution in [0.3, 0.4) is 0 Å². The smallest absolute Gasteiger partial charge is 0.410 e. The van der Waals surface area contributed by atoms with Gasteiger partial charge in [-0.15, -0.1) is 18.8 Å². The van der Waals surface area contributed by atoms with Crippen molar-refractivity contribution in [3.63, 3.8) is 0 Å². The lowest BCUT2D eigenvalue weighted by Crippen LogP contribution is -2.29. The number of amides is 1. The van der Waals surface area contributed by atoms with Crippen LogP contribution in [0.1, 0.15) is 36.9 Å². The monoisotopic (exact) mass is 322 g/mol. The Morgan fingerprint density at radius 3 is 3.00 bits per heavy atom. The number of rotatable bonds is 4. The Kier molecular flexibility index (Phi) is 7.23. The zero-order valence-electron chi connectivity index (χ0n) is 13.1. The van der Waals surface area contributed by atoms with Gasteiger partial charge in [0.25, 0.3) is 0 Å². The highest BCUT2D eigenvalue weighted by Gasteiger charge is 2.21. The molecule has 1 atom stereocenters. The highest BCUT2D eigenvalue weighted by atomic mass is 35.5. The van der Waals surface area contributed by atoms with Crippen molar-refractivity contribution in [2.45, 2.75) is 32.2 Å². The topological polar surface area (TPSA) is 41.6 Å². The molecule has 0 heterocycles. The summed E-state index contributed by atoms with van der Waals surface area (Å²) in [5, 5.41) is 3.35. The van der Waals surface area contributed by atoms with Crippen molar-refractivity contribution in [1.29, 1.82) is 0 Å². The molecule has 0 fully saturated rings. The molecule has 0 aromatic heterocycles. The molecular formula is C17H23ClN2O2. The van der Waals surface area contributed by atoms with Crippen LogP contribution in [0.25, 0.3) is 0 Å². The van der Waals surface area contributed by atoms with E-state index in [9.17, 15) is 4.79 Å². The van der Waals surface area contributed by atoms with Gasteiger partial charge in [-0.25, -0.2) is 4.79 Å². The van der Waals surface area contributed by atoms with Gasteiger partial charge >= 0.3 is 6.09 Å². The lowest BCUT2D eigenvalue weighted by molar-refractivity contribution is 0.165. The van der Waals surface area contributed by atoms with E-state index in [2.05, 4.69) is 11.2 Å². The Labute approximate surface area is 138 Å². The summed E-state index contributed by atoms with van der Waals surface area (Å²) < 4.78 is 5.40. The van der Waals surface area contributed by atoms with E-state index in [1.54, 1.807) is 7.05 Å². The highest BCUT2D eigenvalue weighted by molar-refractivity contribution is 5.85. The van der Waals surface area contributed by atoms with Gasteiger partial charge in [-0.05, 0) is 49.4 Å². The second-order valence-corrected chi connectivity index (χ2v) is 5.27. The normalized spacial score (nSPS) is 16.0. The summed E-state index contributed by atoms with van der Waals surface area (Å²) >= 11 is 0. The van der Waals surface area contributed by atoms with Gasteiger partial charge in [-0.3, -0.25) is 5.32 Å². The number of nitrogens with one attached hydrogen (secondary N) is 1. The van der Waals surface area contributed by atoms with Crippen molar-refractivity contribution < 1.29 is 9.53 Å². The van der Waals surface area contributed by atoms with Crippen molar-refractivity contribution in [3.8, 4) is 18.1 Å². The summed E-state index contributed by atoms with van der Waals surface area (Å²) in [6.07, 6.45) is 8.26. The van der Waals surface area contributed by atoms with E-state index >= 15 is 0 Å². The largest absolute Gasteiger partial charge is 0.414 e. The van der Waals surface area contributed by atoms with Crippen LogP contribution in [0.15, 0.2) is 18.2 Å². The van der Waals surface area contributed by atoms with Crippen LogP contribution in [0.4, 0.5) is 4.79 Å². The van der Waals surface area contributed by atoms with Gasteiger partial charge in [0.1, 0.15) is 5.75 Å². The molecule has 0 saturated heterocycles. The van der Waals surface area contributed by atoms with Gasteiger partial charge in [-0.1, -0.05) is 12.0 Å². The average Bonchev–Trinajstić information content (AvgIpc) is 2.51. The first-order valence-corrected chi connectivity index (χ1v) is 7.38. The van der Waals surface area contributed by atoms with Crippen molar-refractivity contribution in [1.82, 2.24) is 10.2 Å². The molecule has 0 radical (unpaired) electrons. The third-order valence-electron chi connectivity index (χ3n) is 3.87. The third-order valence-corrected chi connectivity index (χ3v) is 3.87. The number of hydrogen-bond donors (Lipinski definition) is 1. The number of ether oxygens (including phenoxy) is 1. The fourth-order valence-electron chi connectivity index (χ4n) is 2.54. The molecule has 0 spiro atoms. The van der Waals surface area contributed by atoms with E-state index in [1.165, 1.54) is 16.0 Å². The zero-order valence-corrected chi connectivity index (χ0v) is 13.9. The van der Waals surface area contributed by atoms with Crippen LogP contribution in [0.2, 0.25) is 0 Å². The number of aryl methyl sites for hydroxylation is 1. The van der Waals surface area contributed by atoms with Gasteiger partial charge in [0.2, 0.25) is 0 Å². The molecule has 0 saturated carbocycles. The number of nitrogens with zero attached hydrogens (tertiary/aromatic N) is 1. The molecule has 22 heavy (non-hydrogen) atoms. The van der Waals surface area contributed by atoms with E-state index in [0.29, 0.717) is 18.8 Å². The number of terminal acetylenes is 1. The summed E-state index contributed by atoms with van der Waals surface area (Å²) in [7, 11) is 1.72. The Balaban J connectivity index is 0.00000242. The van der Waals surface area contributed by atoms with Crippen LogP contribution in [0.5, 0.6) is 5.75 Å². The molecule has 1 aromatic carbocycles. The number of halogens is 1. The minimum absolute atomic E-state index is 0. The Morgan fingerprint density at radius 2 is 2.32 bits per heavy atom. The number of carbonyl (C=O) groups excluding carboxylic acids is 1. The van der Waals surface area contributed by atoms with Crippen LogP contribution in [0, 0.1) is 12.3 Å². The maximum absolute atomic E-state index is 11.8. The average molecular weight is 323 g/mol. The lowest BCUT2D eigenvalue weighted by atomic mass is 9.87. The zero-order chi connectivity index (χ0) is 15.2. The van der Waals surface area contributed by atoms with Crippen LogP contribution in [-0.4, -0.2) is 31.1 Å². The molecule has 0 bridgehead atoms. The molecule has 1 aromatic rings. The SMILES string of the molecule is C#CCNC1CCCc2ccc(OC(=O)N(C)CC)cc21.Cl. The standard InChI is InChI=1S/C17H22N2O2.ClH/c1-4-11-18-16-8-6-7-13-9-10-14(12-15(13)16)21-17(20)19(3)5-2;/h1,9-10,12,16,18H,5-8,11H2,2-3H3;1H. The van der Waals surface area contributed by atoms with Crippen molar-refractivity contribution in [2.75, 3.05) is 20.1 Å². The number of hydrogen-bond acceptors (Lipinski definition) is 3. The minimum Gasteiger partial charge on any atom is -0.410 e. The second-order valence-electron chi connectivity index (χ2n) is 5.27. The van der Waals surface area contributed by atoms with Crippen LogP contribution >= 0.6 is 12.4 Å². The maximum atomic E-state index is 11.8. The van der Waals surface area contributed by atoms with Crippen LogP contribution < -0.4 is 10.1 Å². The Morgan fingerprint density at radius 1 is 1.55 bits per heavy atom. The molecule has 1 aliphatic carbocycles. The maximum Gasteiger partial charge on any atom is 0.414 e. The molecule has 1 aliphatic rings. The predicted octanol–water partition coefficient (Wildman–Crippen LogP) is 3.16. The molecule has 2 rings (SSSR count). The fourth-order valence-corrected chi connectivity index (χ4v) is 2.54. The summed E-state index contributed by atoms with van der Waals surface area (Å²) in [6, 6.07) is 6.12. The Hall–Kier alpha value is -1.70. The van der Waals surface area contributed by atoms with Gasteiger partial charge in [0.05, 0.1) is 6.54 Å². The summed E-state index contributed by atoms with van der Waals surface area (Å²) in [5.74, 6) is 3.20. The Bertz CT molecular complexity index is 554. The second kappa shape index (κ2) is 8.67. The molecule has 5 heteroatoms. The molecule has 0 aliphatic heterocycles. The summed E-state index contributed by atoms with van der Waals surface area (Å²) in [5.41, 5.74) is 2.50. The molecule has 1 N–H and O–H groups in total. The van der Waals surface area contributed by atoms with Crippen molar-refractivity contribution in [2.24, 2.45) is 0 Å². The molecular weight excluding hydrogens is 300 g/mol. The number of fused-ring (bicyclic) bond motifs is 1. The van der Waals surface area contributed by atoms with Crippen molar-refractivity contribution in [3.05, 3.63) is 29.3 Å². The minimum atomic E-state index is -0.332. The van der Waals surface area contributed by atoms with Crippen LogP contribution in [-0.2, 0) is 6.42 Å².